The summed E-state index contributed by atoms with van der Waals surface area (Å²) in [6, 6.07) is 8.73. The molecule has 2 heterocycles. The number of hydrogen-bond acceptors (Lipinski definition) is 5. The van der Waals surface area contributed by atoms with Crippen molar-refractivity contribution in [2.45, 2.75) is 13.3 Å². The molecule has 0 spiro atoms. The maximum absolute atomic E-state index is 12.0. The van der Waals surface area contributed by atoms with Gasteiger partial charge in [0.2, 0.25) is 5.91 Å². The Labute approximate surface area is 131 Å². The number of carbonyl (C=O) groups excluding carboxylic acids is 1. The molecule has 7 heteroatoms. The number of rotatable bonds is 4. The Bertz CT molecular complexity index is 810. The van der Waals surface area contributed by atoms with Crippen LogP contribution in [0.2, 0.25) is 5.02 Å². The first kappa shape index (κ1) is 14.3. The molecule has 1 amide bonds. The van der Waals surface area contributed by atoms with Gasteiger partial charge < -0.3 is 14.3 Å². The van der Waals surface area contributed by atoms with Crippen LogP contribution in [0.3, 0.4) is 0 Å². The van der Waals surface area contributed by atoms with Gasteiger partial charge in [0.1, 0.15) is 5.76 Å². The summed E-state index contributed by atoms with van der Waals surface area (Å²) < 4.78 is 10.3. The van der Waals surface area contributed by atoms with Crippen LogP contribution in [0.1, 0.15) is 11.6 Å². The van der Waals surface area contributed by atoms with Crippen molar-refractivity contribution in [3.05, 3.63) is 53.2 Å². The zero-order valence-electron chi connectivity index (χ0n) is 11.7. The van der Waals surface area contributed by atoms with Crippen molar-refractivity contribution >= 4 is 23.2 Å². The lowest BCUT2D eigenvalue weighted by Gasteiger charge is -2.04. The van der Waals surface area contributed by atoms with Crippen LogP contribution in [0.5, 0.6) is 0 Å². The van der Waals surface area contributed by atoms with Crippen LogP contribution in [0.4, 0.5) is 5.69 Å². The number of carbonyl (C=O) groups is 1. The van der Waals surface area contributed by atoms with Gasteiger partial charge >= 0.3 is 0 Å². The number of nitrogens with zero attached hydrogens (tertiary/aromatic N) is 2. The second kappa shape index (κ2) is 6.03. The van der Waals surface area contributed by atoms with Crippen molar-refractivity contribution in [3.8, 4) is 11.5 Å². The molecule has 3 rings (SSSR count). The molecule has 0 radical (unpaired) electrons. The van der Waals surface area contributed by atoms with Crippen molar-refractivity contribution in [1.82, 2.24) is 10.1 Å². The monoisotopic (exact) mass is 317 g/mol. The molecule has 0 aliphatic heterocycles. The van der Waals surface area contributed by atoms with Gasteiger partial charge in [0.25, 0.3) is 5.89 Å². The van der Waals surface area contributed by atoms with Crippen LogP contribution >= 0.6 is 11.6 Å². The summed E-state index contributed by atoms with van der Waals surface area (Å²) in [7, 11) is 0. The highest BCUT2D eigenvalue weighted by Gasteiger charge is 2.15. The third kappa shape index (κ3) is 3.01. The van der Waals surface area contributed by atoms with E-state index in [-0.39, 0.29) is 12.3 Å². The van der Waals surface area contributed by atoms with Crippen molar-refractivity contribution < 1.29 is 13.7 Å². The standard InChI is InChI=1S/C15H12ClN3O3/c1-9-10(6-7-21-9)15-18-13(19-22-15)8-14(20)17-12-5-3-2-4-11(12)16/h2-7H,8H2,1H3,(H,17,20). The summed E-state index contributed by atoms with van der Waals surface area (Å²) in [4.78, 5) is 16.2. The fourth-order valence-electron chi connectivity index (χ4n) is 1.94. The van der Waals surface area contributed by atoms with Crippen LogP contribution in [0.15, 0.2) is 45.5 Å². The molecular formula is C15H12ClN3O3. The zero-order chi connectivity index (χ0) is 15.5. The smallest absolute Gasteiger partial charge is 0.261 e. The van der Waals surface area contributed by atoms with E-state index in [1.807, 2.05) is 0 Å². The predicted octanol–water partition coefficient (Wildman–Crippen LogP) is 3.47. The molecule has 0 aliphatic carbocycles. The molecule has 3 aromatic rings. The van der Waals surface area contributed by atoms with Crippen LogP contribution in [-0.2, 0) is 11.2 Å². The average molecular weight is 318 g/mol. The highest BCUT2D eigenvalue weighted by Crippen LogP contribution is 2.23. The van der Waals surface area contributed by atoms with E-state index in [4.69, 9.17) is 20.5 Å². The third-order valence-electron chi connectivity index (χ3n) is 3.02. The third-order valence-corrected chi connectivity index (χ3v) is 3.35. The highest BCUT2D eigenvalue weighted by molar-refractivity contribution is 6.33. The molecule has 0 saturated carbocycles. The summed E-state index contributed by atoms with van der Waals surface area (Å²) >= 11 is 5.99. The number of hydrogen-bond donors (Lipinski definition) is 1. The quantitative estimate of drug-likeness (QED) is 0.796. The normalized spacial score (nSPS) is 10.6. The predicted molar refractivity (Wildman–Crippen MR) is 80.5 cm³/mol. The summed E-state index contributed by atoms with van der Waals surface area (Å²) in [5.41, 5.74) is 1.26. The summed E-state index contributed by atoms with van der Waals surface area (Å²) in [6.07, 6.45) is 1.53. The van der Waals surface area contributed by atoms with E-state index in [2.05, 4.69) is 15.5 Å². The molecule has 0 saturated heterocycles. The topological polar surface area (TPSA) is 81.2 Å². The molecular weight excluding hydrogens is 306 g/mol. The Balaban J connectivity index is 1.69. The number of furan rings is 1. The summed E-state index contributed by atoms with van der Waals surface area (Å²) in [5, 5.41) is 6.97. The second-order valence-electron chi connectivity index (χ2n) is 4.61. The number of para-hydroxylation sites is 1. The highest BCUT2D eigenvalue weighted by atomic mass is 35.5. The molecule has 2 aromatic heterocycles. The maximum atomic E-state index is 12.0. The minimum atomic E-state index is -0.274. The minimum Gasteiger partial charge on any atom is -0.469 e. The van der Waals surface area contributed by atoms with Crippen molar-refractivity contribution in [1.29, 1.82) is 0 Å². The lowest BCUT2D eigenvalue weighted by Crippen LogP contribution is -2.15. The summed E-state index contributed by atoms with van der Waals surface area (Å²) in [6.45, 7) is 1.79. The number of aromatic nitrogens is 2. The van der Waals surface area contributed by atoms with E-state index in [9.17, 15) is 4.79 Å². The first-order valence-corrected chi connectivity index (χ1v) is 6.92. The number of benzene rings is 1. The number of nitrogens with one attached hydrogen (secondary N) is 1. The molecule has 0 unspecified atom stereocenters. The SMILES string of the molecule is Cc1occc1-c1nc(CC(=O)Nc2ccccc2Cl)no1. The van der Waals surface area contributed by atoms with Crippen LogP contribution < -0.4 is 5.32 Å². The van der Waals surface area contributed by atoms with E-state index in [0.717, 1.165) is 0 Å². The Kier molecular flexibility index (Phi) is 3.93. The first-order chi connectivity index (χ1) is 10.6. The van der Waals surface area contributed by atoms with E-state index >= 15 is 0 Å². The Morgan fingerprint density at radius 1 is 1.32 bits per heavy atom. The van der Waals surface area contributed by atoms with Crippen molar-refractivity contribution in [2.75, 3.05) is 5.32 Å². The largest absolute Gasteiger partial charge is 0.469 e. The maximum Gasteiger partial charge on any atom is 0.261 e. The molecule has 112 valence electrons. The number of amides is 1. The van der Waals surface area contributed by atoms with Gasteiger partial charge in [-0.05, 0) is 25.1 Å². The van der Waals surface area contributed by atoms with Gasteiger partial charge in [0.15, 0.2) is 5.82 Å². The molecule has 22 heavy (non-hydrogen) atoms. The fraction of sp³-hybridized carbons (Fsp3) is 0.133. The van der Waals surface area contributed by atoms with Crippen LogP contribution in [0, 0.1) is 6.92 Å². The fourth-order valence-corrected chi connectivity index (χ4v) is 2.13. The van der Waals surface area contributed by atoms with Gasteiger partial charge in [-0.25, -0.2) is 0 Å². The van der Waals surface area contributed by atoms with Crippen LogP contribution in [-0.4, -0.2) is 16.0 Å². The number of halogens is 1. The van der Waals surface area contributed by atoms with Crippen molar-refractivity contribution in [3.63, 3.8) is 0 Å². The lowest BCUT2D eigenvalue weighted by atomic mass is 10.2. The van der Waals surface area contributed by atoms with Crippen molar-refractivity contribution in [2.24, 2.45) is 0 Å². The minimum absolute atomic E-state index is 0.00831. The first-order valence-electron chi connectivity index (χ1n) is 6.55. The number of anilines is 1. The molecule has 1 N–H and O–H groups in total. The van der Waals surface area contributed by atoms with Gasteiger partial charge in [-0.1, -0.05) is 28.9 Å². The van der Waals surface area contributed by atoms with E-state index < -0.39 is 0 Å². The molecule has 0 fully saturated rings. The average Bonchev–Trinajstić information content (AvgIpc) is 3.10. The van der Waals surface area contributed by atoms with E-state index in [1.165, 1.54) is 0 Å². The second-order valence-corrected chi connectivity index (χ2v) is 5.02. The molecule has 0 aliphatic rings. The van der Waals surface area contributed by atoms with Gasteiger partial charge in [0.05, 0.1) is 29.0 Å². The Morgan fingerprint density at radius 3 is 2.86 bits per heavy atom. The van der Waals surface area contributed by atoms with Gasteiger partial charge in [-0.2, -0.15) is 4.98 Å². The Morgan fingerprint density at radius 2 is 2.14 bits per heavy atom. The number of aryl methyl sites for hydroxylation is 1. The van der Waals surface area contributed by atoms with Gasteiger partial charge in [0, 0.05) is 0 Å². The molecule has 6 nitrogen and oxygen atoms in total. The summed E-state index contributed by atoms with van der Waals surface area (Å²) in [5.74, 6) is 1.02. The van der Waals surface area contributed by atoms with E-state index in [1.54, 1.807) is 43.5 Å². The van der Waals surface area contributed by atoms with Gasteiger partial charge in [-0.3, -0.25) is 4.79 Å². The molecule has 1 aromatic carbocycles. The lowest BCUT2D eigenvalue weighted by molar-refractivity contribution is -0.115. The Hall–Kier alpha value is -2.60. The van der Waals surface area contributed by atoms with Crippen LogP contribution in [0.25, 0.3) is 11.5 Å². The molecule has 0 bridgehead atoms. The molecule has 0 atom stereocenters. The zero-order valence-corrected chi connectivity index (χ0v) is 12.4. The van der Waals surface area contributed by atoms with Gasteiger partial charge in [-0.15, -0.1) is 0 Å². The van der Waals surface area contributed by atoms with E-state index in [0.29, 0.717) is 33.7 Å².